The van der Waals surface area contributed by atoms with Gasteiger partial charge in [-0.15, -0.1) is 0 Å². The van der Waals surface area contributed by atoms with Crippen LogP contribution in [0.5, 0.6) is 0 Å². The molecule has 1 N–H and O–H groups in total. The Morgan fingerprint density at radius 3 is 2.52 bits per heavy atom. The molecule has 1 atom stereocenters. The van der Waals surface area contributed by atoms with Gasteiger partial charge in [-0.2, -0.15) is 18.2 Å². The van der Waals surface area contributed by atoms with Crippen molar-refractivity contribution in [3.8, 4) is 11.4 Å². The second-order valence-electron chi connectivity index (χ2n) is 6.67. The number of hydrogen-bond acceptors (Lipinski definition) is 4. The topological polar surface area (TPSA) is 68.0 Å². The minimum absolute atomic E-state index is 0.0323. The van der Waals surface area contributed by atoms with E-state index in [-0.39, 0.29) is 35.6 Å². The highest BCUT2D eigenvalue weighted by Crippen LogP contribution is 2.46. The normalized spacial score (nSPS) is 16.1. The first-order valence-electron chi connectivity index (χ1n) is 8.89. The summed E-state index contributed by atoms with van der Waals surface area (Å²) < 4.78 is 44.5. The molecule has 8 heteroatoms. The minimum Gasteiger partial charge on any atom is -0.346 e. The van der Waals surface area contributed by atoms with Crippen molar-refractivity contribution in [2.75, 3.05) is 0 Å². The van der Waals surface area contributed by atoms with E-state index in [4.69, 9.17) is 4.52 Å². The second-order valence-corrected chi connectivity index (χ2v) is 6.67. The van der Waals surface area contributed by atoms with Crippen molar-refractivity contribution in [1.82, 2.24) is 15.5 Å². The summed E-state index contributed by atoms with van der Waals surface area (Å²) in [6.45, 7) is 1.83. The number of rotatable bonds is 5. The summed E-state index contributed by atoms with van der Waals surface area (Å²) >= 11 is 0. The van der Waals surface area contributed by atoms with Crippen LogP contribution in [0.25, 0.3) is 17.0 Å². The van der Waals surface area contributed by atoms with Crippen LogP contribution in [0.15, 0.2) is 64.7 Å². The first-order chi connectivity index (χ1) is 13.9. The monoisotopic (exact) mass is 399 g/mol. The van der Waals surface area contributed by atoms with Gasteiger partial charge in [-0.1, -0.05) is 59.3 Å². The summed E-state index contributed by atoms with van der Waals surface area (Å²) in [5, 5.41) is 6.33. The van der Waals surface area contributed by atoms with Crippen molar-refractivity contribution in [3.05, 3.63) is 77.2 Å². The number of hydrogen-bond donors (Lipinski definition) is 1. The van der Waals surface area contributed by atoms with E-state index in [1.54, 1.807) is 0 Å². The van der Waals surface area contributed by atoms with Crippen molar-refractivity contribution in [2.24, 2.45) is 5.92 Å². The molecule has 0 saturated heterocycles. The molecule has 148 valence electrons. The molecule has 0 aliphatic heterocycles. The van der Waals surface area contributed by atoms with Crippen molar-refractivity contribution < 1.29 is 22.5 Å². The van der Waals surface area contributed by atoms with Crippen molar-refractivity contribution >= 4 is 11.5 Å². The van der Waals surface area contributed by atoms with Crippen LogP contribution in [0.4, 0.5) is 13.2 Å². The summed E-state index contributed by atoms with van der Waals surface area (Å²) in [4.78, 5) is 16.4. The number of aromatic nitrogens is 2. The van der Waals surface area contributed by atoms with Gasteiger partial charge >= 0.3 is 6.18 Å². The van der Waals surface area contributed by atoms with E-state index in [1.807, 2.05) is 37.3 Å². The SMILES string of the molecule is CC1=C(c2ccccc2)C1C(=O)NCc1nc(-c2ccccc2C(F)(F)F)no1. The van der Waals surface area contributed by atoms with Crippen LogP contribution in [0.2, 0.25) is 0 Å². The van der Waals surface area contributed by atoms with Gasteiger partial charge in [0.05, 0.1) is 18.0 Å². The van der Waals surface area contributed by atoms with Gasteiger partial charge < -0.3 is 9.84 Å². The van der Waals surface area contributed by atoms with Crippen LogP contribution in [-0.4, -0.2) is 16.0 Å². The van der Waals surface area contributed by atoms with Gasteiger partial charge in [0.15, 0.2) is 0 Å². The van der Waals surface area contributed by atoms with Crippen LogP contribution < -0.4 is 5.32 Å². The molecule has 0 saturated carbocycles. The van der Waals surface area contributed by atoms with E-state index in [9.17, 15) is 18.0 Å². The maximum absolute atomic E-state index is 13.2. The third-order valence-electron chi connectivity index (χ3n) is 4.77. The van der Waals surface area contributed by atoms with Crippen LogP contribution >= 0.6 is 0 Å². The van der Waals surface area contributed by atoms with Gasteiger partial charge in [0.25, 0.3) is 0 Å². The van der Waals surface area contributed by atoms with Crippen molar-refractivity contribution in [3.63, 3.8) is 0 Å². The number of halogens is 3. The molecule has 3 aromatic rings. The zero-order valence-electron chi connectivity index (χ0n) is 15.3. The van der Waals surface area contributed by atoms with Crippen LogP contribution in [0.1, 0.15) is 23.9 Å². The van der Waals surface area contributed by atoms with Crippen LogP contribution in [0, 0.1) is 5.92 Å². The molecular weight excluding hydrogens is 383 g/mol. The van der Waals surface area contributed by atoms with Crippen molar-refractivity contribution in [2.45, 2.75) is 19.6 Å². The maximum Gasteiger partial charge on any atom is 0.417 e. The largest absolute Gasteiger partial charge is 0.417 e. The first kappa shape index (κ1) is 18.9. The van der Waals surface area contributed by atoms with E-state index >= 15 is 0 Å². The van der Waals surface area contributed by atoms with Gasteiger partial charge in [-0.25, -0.2) is 0 Å². The number of carbonyl (C=O) groups is 1. The third kappa shape index (κ3) is 3.78. The Balaban J connectivity index is 1.42. The molecule has 1 unspecified atom stereocenters. The molecule has 1 aromatic heterocycles. The van der Waals surface area contributed by atoms with Gasteiger partial charge in [0.1, 0.15) is 0 Å². The predicted molar refractivity (Wildman–Crippen MR) is 99.1 cm³/mol. The molecule has 5 nitrogen and oxygen atoms in total. The summed E-state index contributed by atoms with van der Waals surface area (Å²) in [5.41, 5.74) is 1.94. The summed E-state index contributed by atoms with van der Waals surface area (Å²) in [7, 11) is 0. The van der Waals surface area contributed by atoms with E-state index in [1.165, 1.54) is 18.2 Å². The molecule has 4 rings (SSSR count). The smallest absolute Gasteiger partial charge is 0.346 e. The number of nitrogens with one attached hydrogen (secondary N) is 1. The fourth-order valence-electron chi connectivity index (χ4n) is 3.30. The highest BCUT2D eigenvalue weighted by atomic mass is 19.4. The third-order valence-corrected chi connectivity index (χ3v) is 4.77. The lowest BCUT2D eigenvalue weighted by Gasteiger charge is -2.09. The van der Waals surface area contributed by atoms with Crippen LogP contribution in [-0.2, 0) is 17.5 Å². The molecule has 0 fully saturated rings. The quantitative estimate of drug-likeness (QED) is 0.687. The number of amides is 1. The van der Waals surface area contributed by atoms with E-state index in [0.717, 1.165) is 22.8 Å². The summed E-state index contributed by atoms with van der Waals surface area (Å²) in [5.74, 6) is -0.666. The van der Waals surface area contributed by atoms with Gasteiger partial charge in [0.2, 0.25) is 17.6 Å². The average molecular weight is 399 g/mol. The molecule has 1 aliphatic rings. The second kappa shape index (κ2) is 7.20. The number of nitrogens with zero attached hydrogens (tertiary/aromatic N) is 2. The van der Waals surface area contributed by atoms with Gasteiger partial charge in [-0.3, -0.25) is 4.79 Å². The zero-order chi connectivity index (χ0) is 20.6. The highest BCUT2D eigenvalue weighted by molar-refractivity contribution is 6.05. The first-order valence-corrected chi connectivity index (χ1v) is 8.89. The summed E-state index contributed by atoms with van der Waals surface area (Å²) in [6.07, 6.45) is -4.53. The lowest BCUT2D eigenvalue weighted by molar-refractivity contribution is -0.137. The molecule has 0 radical (unpaired) electrons. The number of benzene rings is 2. The van der Waals surface area contributed by atoms with Crippen molar-refractivity contribution in [1.29, 1.82) is 0 Å². The molecule has 1 aliphatic carbocycles. The molecule has 29 heavy (non-hydrogen) atoms. The molecular formula is C21H16F3N3O2. The Morgan fingerprint density at radius 2 is 1.79 bits per heavy atom. The maximum atomic E-state index is 13.2. The number of carbonyl (C=O) groups excluding carboxylic acids is 1. The molecule has 1 heterocycles. The summed E-state index contributed by atoms with van der Waals surface area (Å²) in [6, 6.07) is 14.6. The van der Waals surface area contributed by atoms with E-state index < -0.39 is 11.7 Å². The molecule has 0 spiro atoms. The zero-order valence-corrected chi connectivity index (χ0v) is 15.3. The Hall–Kier alpha value is -3.42. The molecule has 2 aromatic carbocycles. The van der Waals surface area contributed by atoms with Gasteiger partial charge in [-0.05, 0) is 24.1 Å². The van der Waals surface area contributed by atoms with Crippen LogP contribution in [0.3, 0.4) is 0 Å². The Bertz CT molecular complexity index is 1090. The Kier molecular flexibility index (Phi) is 4.70. The minimum atomic E-state index is -4.53. The molecule has 0 bridgehead atoms. The number of alkyl halides is 3. The fraction of sp³-hybridized carbons (Fsp3) is 0.190. The Morgan fingerprint density at radius 1 is 1.10 bits per heavy atom. The lowest BCUT2D eigenvalue weighted by atomic mass is 10.1. The van der Waals surface area contributed by atoms with E-state index in [0.29, 0.717) is 0 Å². The van der Waals surface area contributed by atoms with Gasteiger partial charge in [0, 0.05) is 5.56 Å². The highest BCUT2D eigenvalue weighted by Gasteiger charge is 2.40. The lowest BCUT2D eigenvalue weighted by Crippen LogP contribution is -2.26. The molecule has 1 amide bonds. The average Bonchev–Trinajstić information content (AvgIpc) is 3.16. The fourth-order valence-corrected chi connectivity index (χ4v) is 3.30. The standard InChI is InChI=1S/C21H16F3N3O2/c1-12-17(13-7-3-2-4-8-13)18(12)20(28)25-11-16-26-19(27-29-16)14-9-5-6-10-15(14)21(22,23)24/h2-10,18H,11H2,1H3,(H,25,28). The Labute approximate surface area is 164 Å². The van der Waals surface area contributed by atoms with E-state index in [2.05, 4.69) is 15.5 Å². The predicted octanol–water partition coefficient (Wildman–Crippen LogP) is 4.48.